The van der Waals surface area contributed by atoms with Crippen molar-refractivity contribution in [2.24, 2.45) is 5.92 Å². The normalized spacial score (nSPS) is 18.2. The van der Waals surface area contributed by atoms with Crippen molar-refractivity contribution in [1.29, 1.82) is 0 Å². The van der Waals surface area contributed by atoms with Gasteiger partial charge in [-0.3, -0.25) is 9.59 Å². The molecule has 2 amide bonds. The Bertz CT molecular complexity index is 1010. The summed E-state index contributed by atoms with van der Waals surface area (Å²) in [5, 5.41) is 2.96. The van der Waals surface area contributed by atoms with Crippen molar-refractivity contribution < 1.29 is 14.0 Å². The quantitative estimate of drug-likeness (QED) is 0.701. The van der Waals surface area contributed by atoms with Crippen LogP contribution >= 0.6 is 0 Å². The van der Waals surface area contributed by atoms with Gasteiger partial charge in [0.05, 0.1) is 5.92 Å². The van der Waals surface area contributed by atoms with Crippen LogP contribution < -0.4 is 5.32 Å². The van der Waals surface area contributed by atoms with E-state index in [4.69, 9.17) is 0 Å². The van der Waals surface area contributed by atoms with Crippen molar-refractivity contribution in [1.82, 2.24) is 10.2 Å². The Morgan fingerprint density at radius 1 is 0.867 bits per heavy atom. The van der Waals surface area contributed by atoms with Crippen molar-refractivity contribution >= 4 is 11.8 Å². The third-order valence-corrected chi connectivity index (χ3v) is 5.57. The largest absolute Gasteiger partial charge is 0.352 e. The summed E-state index contributed by atoms with van der Waals surface area (Å²) in [5.74, 6) is -0.894. The van der Waals surface area contributed by atoms with E-state index in [0.29, 0.717) is 25.2 Å². The standard InChI is InChI=1S/C25H23FN2O2/c26-21-13-11-18(12-14-21)15-27-24(29)23-17-28(25(30)20-9-5-2-6-10-20)16-22(23)19-7-3-1-4-8-19/h1-14,22-23H,15-17H2,(H,27,29). The zero-order chi connectivity index (χ0) is 20.9. The number of hydrogen-bond acceptors (Lipinski definition) is 2. The van der Waals surface area contributed by atoms with Crippen LogP contribution in [-0.2, 0) is 11.3 Å². The lowest BCUT2D eigenvalue weighted by Gasteiger charge is -2.18. The minimum Gasteiger partial charge on any atom is -0.352 e. The van der Waals surface area contributed by atoms with E-state index in [2.05, 4.69) is 5.32 Å². The molecule has 1 N–H and O–H groups in total. The summed E-state index contributed by atoms with van der Waals surface area (Å²) in [6, 6.07) is 25.0. The number of likely N-dealkylation sites (tertiary alicyclic amines) is 1. The van der Waals surface area contributed by atoms with Gasteiger partial charge in [0.15, 0.2) is 0 Å². The molecule has 3 aromatic carbocycles. The third kappa shape index (κ3) is 4.40. The molecule has 1 aliphatic heterocycles. The Morgan fingerprint density at radius 2 is 1.50 bits per heavy atom. The first-order valence-electron chi connectivity index (χ1n) is 10.0. The predicted molar refractivity (Wildman–Crippen MR) is 113 cm³/mol. The van der Waals surface area contributed by atoms with E-state index in [9.17, 15) is 14.0 Å². The Hall–Kier alpha value is -3.47. The summed E-state index contributed by atoms with van der Waals surface area (Å²) >= 11 is 0. The minimum absolute atomic E-state index is 0.0645. The molecule has 0 saturated carbocycles. The summed E-state index contributed by atoms with van der Waals surface area (Å²) < 4.78 is 13.1. The fourth-order valence-electron chi connectivity index (χ4n) is 3.96. The van der Waals surface area contributed by atoms with Gasteiger partial charge in [0, 0.05) is 31.1 Å². The Balaban J connectivity index is 1.51. The zero-order valence-electron chi connectivity index (χ0n) is 16.5. The highest BCUT2D eigenvalue weighted by atomic mass is 19.1. The van der Waals surface area contributed by atoms with Crippen LogP contribution in [0, 0.1) is 11.7 Å². The molecular formula is C25H23FN2O2. The fraction of sp³-hybridized carbons (Fsp3) is 0.200. The van der Waals surface area contributed by atoms with Crippen LogP contribution in [0.25, 0.3) is 0 Å². The van der Waals surface area contributed by atoms with Gasteiger partial charge in [-0.1, -0.05) is 60.7 Å². The summed E-state index contributed by atoms with van der Waals surface area (Å²) in [6.07, 6.45) is 0. The van der Waals surface area contributed by atoms with Gasteiger partial charge in [-0.15, -0.1) is 0 Å². The third-order valence-electron chi connectivity index (χ3n) is 5.57. The van der Waals surface area contributed by atoms with Crippen molar-refractivity contribution in [3.8, 4) is 0 Å². The average molecular weight is 402 g/mol. The predicted octanol–water partition coefficient (Wildman–Crippen LogP) is 4.00. The first kappa shape index (κ1) is 19.8. The monoisotopic (exact) mass is 402 g/mol. The number of carbonyl (C=O) groups is 2. The first-order valence-corrected chi connectivity index (χ1v) is 10.0. The molecule has 4 nitrogen and oxygen atoms in total. The van der Waals surface area contributed by atoms with E-state index < -0.39 is 0 Å². The van der Waals surface area contributed by atoms with E-state index in [1.165, 1.54) is 12.1 Å². The molecule has 0 spiro atoms. The van der Waals surface area contributed by atoms with Gasteiger partial charge in [-0.25, -0.2) is 4.39 Å². The van der Waals surface area contributed by atoms with Gasteiger partial charge in [0.2, 0.25) is 5.91 Å². The highest BCUT2D eigenvalue weighted by Crippen LogP contribution is 2.33. The number of benzene rings is 3. The molecule has 1 heterocycles. The molecule has 30 heavy (non-hydrogen) atoms. The molecule has 0 aliphatic carbocycles. The number of hydrogen-bond donors (Lipinski definition) is 1. The van der Waals surface area contributed by atoms with E-state index in [1.807, 2.05) is 48.5 Å². The maximum atomic E-state index is 13.1. The van der Waals surface area contributed by atoms with E-state index >= 15 is 0 Å². The van der Waals surface area contributed by atoms with Gasteiger partial charge in [0.1, 0.15) is 5.82 Å². The lowest BCUT2D eigenvalue weighted by Crippen LogP contribution is -2.35. The molecule has 5 heteroatoms. The second kappa shape index (κ2) is 8.91. The Labute approximate surface area is 175 Å². The van der Waals surface area contributed by atoms with Crippen LogP contribution in [0.4, 0.5) is 4.39 Å². The average Bonchev–Trinajstić information content (AvgIpc) is 3.25. The molecule has 1 saturated heterocycles. The highest BCUT2D eigenvalue weighted by molar-refractivity contribution is 5.95. The molecule has 4 rings (SSSR count). The van der Waals surface area contributed by atoms with Crippen molar-refractivity contribution in [3.63, 3.8) is 0 Å². The van der Waals surface area contributed by atoms with Crippen molar-refractivity contribution in [3.05, 3.63) is 107 Å². The SMILES string of the molecule is O=C(NCc1ccc(F)cc1)C1CN(C(=O)c2ccccc2)CC1c1ccccc1. The molecule has 1 aliphatic rings. The minimum atomic E-state index is -0.347. The topological polar surface area (TPSA) is 49.4 Å². The Morgan fingerprint density at radius 3 is 2.17 bits per heavy atom. The van der Waals surface area contributed by atoms with Gasteiger partial charge in [0.25, 0.3) is 5.91 Å². The lowest BCUT2D eigenvalue weighted by molar-refractivity contribution is -0.125. The van der Waals surface area contributed by atoms with Crippen LogP contribution in [0.15, 0.2) is 84.9 Å². The lowest BCUT2D eigenvalue weighted by atomic mass is 9.88. The maximum Gasteiger partial charge on any atom is 0.253 e. The molecule has 0 bridgehead atoms. The molecule has 1 fully saturated rings. The van der Waals surface area contributed by atoms with Crippen LogP contribution in [-0.4, -0.2) is 29.8 Å². The molecule has 0 radical (unpaired) electrons. The highest BCUT2D eigenvalue weighted by Gasteiger charge is 2.40. The van der Waals surface area contributed by atoms with E-state index in [-0.39, 0.29) is 29.5 Å². The number of halogens is 1. The van der Waals surface area contributed by atoms with Crippen LogP contribution in [0.5, 0.6) is 0 Å². The van der Waals surface area contributed by atoms with Crippen LogP contribution in [0.1, 0.15) is 27.4 Å². The van der Waals surface area contributed by atoms with E-state index in [0.717, 1.165) is 11.1 Å². The zero-order valence-corrected chi connectivity index (χ0v) is 16.5. The molecule has 2 unspecified atom stereocenters. The second-order valence-corrected chi connectivity index (χ2v) is 7.54. The van der Waals surface area contributed by atoms with Gasteiger partial charge < -0.3 is 10.2 Å². The second-order valence-electron chi connectivity index (χ2n) is 7.54. The molecule has 3 aromatic rings. The molecule has 2 atom stereocenters. The summed E-state index contributed by atoms with van der Waals surface area (Å²) in [5.41, 5.74) is 2.50. The van der Waals surface area contributed by atoms with Gasteiger partial charge in [-0.2, -0.15) is 0 Å². The van der Waals surface area contributed by atoms with Crippen molar-refractivity contribution in [2.75, 3.05) is 13.1 Å². The maximum absolute atomic E-state index is 13.1. The van der Waals surface area contributed by atoms with E-state index in [1.54, 1.807) is 29.2 Å². The fourth-order valence-corrected chi connectivity index (χ4v) is 3.96. The summed E-state index contributed by atoms with van der Waals surface area (Å²) in [6.45, 7) is 1.18. The Kier molecular flexibility index (Phi) is 5.89. The molecular weight excluding hydrogens is 379 g/mol. The number of nitrogens with zero attached hydrogens (tertiary/aromatic N) is 1. The number of nitrogens with one attached hydrogen (secondary N) is 1. The smallest absolute Gasteiger partial charge is 0.253 e. The van der Waals surface area contributed by atoms with Crippen molar-refractivity contribution in [2.45, 2.75) is 12.5 Å². The summed E-state index contributed by atoms with van der Waals surface area (Å²) in [4.78, 5) is 27.8. The van der Waals surface area contributed by atoms with Gasteiger partial charge >= 0.3 is 0 Å². The number of rotatable bonds is 5. The molecule has 0 aromatic heterocycles. The molecule has 152 valence electrons. The van der Waals surface area contributed by atoms with Crippen LogP contribution in [0.2, 0.25) is 0 Å². The first-order chi connectivity index (χ1) is 14.6. The number of amides is 2. The number of carbonyl (C=O) groups excluding carboxylic acids is 2. The van der Waals surface area contributed by atoms with Crippen LogP contribution in [0.3, 0.4) is 0 Å². The summed E-state index contributed by atoms with van der Waals surface area (Å²) in [7, 11) is 0. The van der Waals surface area contributed by atoms with Gasteiger partial charge in [-0.05, 0) is 35.4 Å².